The summed E-state index contributed by atoms with van der Waals surface area (Å²) >= 11 is 8.74. The summed E-state index contributed by atoms with van der Waals surface area (Å²) in [5.74, 6) is 2.04. The van der Waals surface area contributed by atoms with Crippen molar-refractivity contribution >= 4 is 34.4 Å². The van der Waals surface area contributed by atoms with E-state index in [4.69, 9.17) is 21.7 Å². The maximum Gasteiger partial charge on any atom is 0.216 e. The van der Waals surface area contributed by atoms with Crippen molar-refractivity contribution in [2.45, 2.75) is 0 Å². The molecule has 0 saturated heterocycles. The number of nitrogens with zero attached hydrogens (tertiary/aromatic N) is 3. The maximum absolute atomic E-state index is 5.36. The molecule has 1 heterocycles. The van der Waals surface area contributed by atoms with Crippen LogP contribution in [0.4, 0.5) is 0 Å². The molecule has 128 valence electrons. The molecule has 8 heteroatoms. The number of aromatic nitrogens is 3. The Labute approximate surface area is 158 Å². The standard InChI is InChI=1S/C17H15BrN4O2S/c1-23-14-5-3-4-11(9-14)16-20-21-17(25)22(16)19-10-12-8-13(18)6-7-15(12)24-2/h3-10H,1-2H3,(H,21,25)/b19-10-. The first-order chi connectivity index (χ1) is 12.1. The average molecular weight is 419 g/mol. The van der Waals surface area contributed by atoms with E-state index < -0.39 is 0 Å². The highest BCUT2D eigenvalue weighted by Gasteiger charge is 2.09. The highest BCUT2D eigenvalue weighted by Crippen LogP contribution is 2.24. The van der Waals surface area contributed by atoms with Crippen LogP contribution in [-0.4, -0.2) is 35.3 Å². The number of methoxy groups -OCH3 is 2. The molecule has 2 aromatic carbocycles. The monoisotopic (exact) mass is 418 g/mol. The molecule has 6 nitrogen and oxygen atoms in total. The molecule has 0 spiro atoms. The molecule has 3 rings (SSSR count). The summed E-state index contributed by atoms with van der Waals surface area (Å²) in [5.41, 5.74) is 1.65. The third-order valence-corrected chi connectivity index (χ3v) is 4.24. The fourth-order valence-corrected chi connectivity index (χ4v) is 2.83. The number of halogens is 1. The lowest BCUT2D eigenvalue weighted by Crippen LogP contribution is -1.97. The van der Waals surface area contributed by atoms with Crippen LogP contribution in [0.2, 0.25) is 0 Å². The van der Waals surface area contributed by atoms with Crippen molar-refractivity contribution in [3.8, 4) is 22.9 Å². The molecule has 0 unspecified atom stereocenters. The van der Waals surface area contributed by atoms with Crippen LogP contribution in [0.15, 0.2) is 52.0 Å². The highest BCUT2D eigenvalue weighted by atomic mass is 79.9. The van der Waals surface area contributed by atoms with Gasteiger partial charge in [-0.3, -0.25) is 0 Å². The molecule has 0 aliphatic rings. The number of hydrogen-bond donors (Lipinski definition) is 1. The van der Waals surface area contributed by atoms with E-state index >= 15 is 0 Å². The third kappa shape index (κ3) is 3.80. The topological polar surface area (TPSA) is 64.4 Å². The largest absolute Gasteiger partial charge is 0.497 e. The van der Waals surface area contributed by atoms with Crippen LogP contribution in [0.25, 0.3) is 11.4 Å². The Balaban J connectivity index is 2.03. The Morgan fingerprint density at radius 3 is 2.80 bits per heavy atom. The van der Waals surface area contributed by atoms with Crippen molar-refractivity contribution in [1.29, 1.82) is 0 Å². The Morgan fingerprint density at radius 2 is 2.04 bits per heavy atom. The predicted octanol–water partition coefficient (Wildman–Crippen LogP) is 4.27. The van der Waals surface area contributed by atoms with E-state index in [1.165, 1.54) is 0 Å². The normalized spacial score (nSPS) is 11.0. The first-order valence-corrected chi connectivity index (χ1v) is 8.52. The summed E-state index contributed by atoms with van der Waals surface area (Å²) in [6.45, 7) is 0. The van der Waals surface area contributed by atoms with Gasteiger partial charge in [0, 0.05) is 15.6 Å². The zero-order chi connectivity index (χ0) is 17.8. The van der Waals surface area contributed by atoms with Gasteiger partial charge in [-0.25, -0.2) is 5.10 Å². The molecule has 0 atom stereocenters. The van der Waals surface area contributed by atoms with Crippen LogP contribution in [0.1, 0.15) is 5.56 Å². The number of rotatable bonds is 5. The molecule has 0 radical (unpaired) electrons. The van der Waals surface area contributed by atoms with Gasteiger partial charge in [0.25, 0.3) is 0 Å². The van der Waals surface area contributed by atoms with E-state index in [9.17, 15) is 0 Å². The van der Waals surface area contributed by atoms with Gasteiger partial charge in [-0.2, -0.15) is 14.9 Å². The lowest BCUT2D eigenvalue weighted by atomic mass is 10.2. The van der Waals surface area contributed by atoms with Crippen LogP contribution in [0.5, 0.6) is 11.5 Å². The van der Waals surface area contributed by atoms with Gasteiger partial charge in [0.2, 0.25) is 4.77 Å². The van der Waals surface area contributed by atoms with Crippen molar-refractivity contribution in [2.75, 3.05) is 14.2 Å². The number of ether oxygens (including phenoxy) is 2. The Bertz CT molecular complexity index is 981. The van der Waals surface area contributed by atoms with Crippen LogP contribution in [-0.2, 0) is 0 Å². The first kappa shape index (κ1) is 17.4. The Morgan fingerprint density at radius 1 is 1.20 bits per heavy atom. The molecule has 0 amide bonds. The SMILES string of the molecule is COc1cccc(-c2n[nH]c(=S)n2/N=C\c2cc(Br)ccc2OC)c1. The van der Waals surface area contributed by atoms with Gasteiger partial charge in [0.15, 0.2) is 5.82 Å². The number of hydrogen-bond acceptors (Lipinski definition) is 5. The summed E-state index contributed by atoms with van der Waals surface area (Å²) < 4.78 is 13.5. The minimum atomic E-state index is 0.392. The van der Waals surface area contributed by atoms with Gasteiger partial charge in [-0.15, -0.1) is 0 Å². The van der Waals surface area contributed by atoms with Gasteiger partial charge < -0.3 is 9.47 Å². The molecule has 3 aromatic rings. The van der Waals surface area contributed by atoms with Gasteiger partial charge in [0.1, 0.15) is 11.5 Å². The second kappa shape index (κ2) is 7.62. The van der Waals surface area contributed by atoms with E-state index in [1.54, 1.807) is 25.1 Å². The fraction of sp³-hybridized carbons (Fsp3) is 0.118. The van der Waals surface area contributed by atoms with E-state index in [0.29, 0.717) is 16.3 Å². The fourth-order valence-electron chi connectivity index (χ4n) is 2.27. The molecule has 1 N–H and O–H groups in total. The summed E-state index contributed by atoms with van der Waals surface area (Å²) in [4.78, 5) is 0. The third-order valence-electron chi connectivity index (χ3n) is 3.48. The second-order valence-corrected chi connectivity index (χ2v) is 6.33. The van der Waals surface area contributed by atoms with Crippen molar-refractivity contribution in [3.63, 3.8) is 0 Å². The van der Waals surface area contributed by atoms with Gasteiger partial charge in [-0.05, 0) is 42.5 Å². The van der Waals surface area contributed by atoms with E-state index in [1.807, 2.05) is 42.5 Å². The number of benzene rings is 2. The Kier molecular flexibility index (Phi) is 5.30. The van der Waals surface area contributed by atoms with Gasteiger partial charge >= 0.3 is 0 Å². The molecule has 1 aromatic heterocycles. The first-order valence-electron chi connectivity index (χ1n) is 7.32. The minimum Gasteiger partial charge on any atom is -0.497 e. The van der Waals surface area contributed by atoms with Crippen molar-refractivity contribution in [1.82, 2.24) is 14.9 Å². The zero-order valence-corrected chi connectivity index (χ0v) is 16.0. The lowest BCUT2D eigenvalue weighted by molar-refractivity contribution is 0.414. The molecular formula is C17H15BrN4O2S. The molecule has 25 heavy (non-hydrogen) atoms. The highest BCUT2D eigenvalue weighted by molar-refractivity contribution is 9.10. The average Bonchev–Trinajstić information content (AvgIpc) is 3.00. The van der Waals surface area contributed by atoms with E-state index in [2.05, 4.69) is 31.2 Å². The van der Waals surface area contributed by atoms with Crippen molar-refractivity contribution in [2.24, 2.45) is 5.10 Å². The van der Waals surface area contributed by atoms with Crippen LogP contribution in [0.3, 0.4) is 0 Å². The molecule has 0 fully saturated rings. The molecule has 0 aliphatic heterocycles. The van der Waals surface area contributed by atoms with Crippen LogP contribution in [0, 0.1) is 4.77 Å². The molecule has 0 saturated carbocycles. The second-order valence-electron chi connectivity index (χ2n) is 5.03. The van der Waals surface area contributed by atoms with Crippen molar-refractivity contribution in [3.05, 3.63) is 57.3 Å². The summed E-state index contributed by atoms with van der Waals surface area (Å²) in [7, 11) is 3.24. The Hall–Kier alpha value is -2.45. The summed E-state index contributed by atoms with van der Waals surface area (Å²) in [6, 6.07) is 13.2. The number of H-pyrrole nitrogens is 1. The minimum absolute atomic E-state index is 0.392. The number of aromatic amines is 1. The lowest BCUT2D eigenvalue weighted by Gasteiger charge is -2.06. The number of nitrogens with one attached hydrogen (secondary N) is 1. The predicted molar refractivity (Wildman–Crippen MR) is 103 cm³/mol. The quantitative estimate of drug-likeness (QED) is 0.496. The van der Waals surface area contributed by atoms with Crippen molar-refractivity contribution < 1.29 is 9.47 Å². The summed E-state index contributed by atoms with van der Waals surface area (Å²) in [5, 5.41) is 11.5. The van der Waals surface area contributed by atoms with E-state index in [0.717, 1.165) is 21.3 Å². The van der Waals surface area contributed by atoms with Gasteiger partial charge in [0.05, 0.1) is 20.4 Å². The van der Waals surface area contributed by atoms with Gasteiger partial charge in [-0.1, -0.05) is 28.1 Å². The molecular weight excluding hydrogens is 404 g/mol. The van der Waals surface area contributed by atoms with Crippen LogP contribution >= 0.6 is 28.1 Å². The summed E-state index contributed by atoms with van der Waals surface area (Å²) in [6.07, 6.45) is 1.68. The maximum atomic E-state index is 5.36. The molecule has 0 aliphatic carbocycles. The molecule has 0 bridgehead atoms. The van der Waals surface area contributed by atoms with Crippen LogP contribution < -0.4 is 9.47 Å². The zero-order valence-electron chi connectivity index (χ0n) is 13.6. The smallest absolute Gasteiger partial charge is 0.216 e. The van der Waals surface area contributed by atoms with E-state index in [-0.39, 0.29) is 0 Å².